The summed E-state index contributed by atoms with van der Waals surface area (Å²) in [5, 5.41) is 5.22. The zero-order valence-electron chi connectivity index (χ0n) is 11.4. The van der Waals surface area contributed by atoms with E-state index in [2.05, 4.69) is 39.1 Å². The van der Waals surface area contributed by atoms with E-state index in [1.54, 1.807) is 0 Å². The third-order valence-electron chi connectivity index (χ3n) is 3.07. The summed E-state index contributed by atoms with van der Waals surface area (Å²) in [4.78, 5) is 0. The Hall–Kier alpha value is -0.990. The molecule has 2 rings (SSSR count). The molecule has 0 atom stereocenters. The second-order valence-corrected chi connectivity index (χ2v) is 5.71. The fraction of sp³-hybridized carbons (Fsp3) is 0.467. The summed E-state index contributed by atoms with van der Waals surface area (Å²) in [7, 11) is 0. The molecule has 0 aliphatic carbocycles. The Morgan fingerprint density at radius 1 is 1.28 bits per heavy atom. The van der Waals surface area contributed by atoms with Crippen LogP contribution in [0.15, 0.2) is 16.5 Å². The summed E-state index contributed by atoms with van der Waals surface area (Å²) in [6.45, 7) is 10.3. The molecule has 1 aromatic heterocycles. The molecule has 0 unspecified atom stereocenters. The Morgan fingerprint density at radius 2 is 2.00 bits per heavy atom. The Labute approximate surface area is 113 Å². The number of hydrogen-bond donors (Lipinski definition) is 1. The predicted molar refractivity (Wildman–Crippen MR) is 77.2 cm³/mol. The normalized spacial score (nSPS) is 11.7. The standard InChI is InChI=1S/C15H20ClNO/c1-9(2)7-17-8-14-11(4)12-5-10(3)6-13(16)15(12)18-14/h5-6,9,17H,7-8H2,1-4H3. The average Bonchev–Trinajstić information content (AvgIpc) is 2.57. The number of rotatable bonds is 4. The maximum atomic E-state index is 6.22. The minimum Gasteiger partial charge on any atom is -0.458 e. The first kappa shape index (κ1) is 13.4. The average molecular weight is 266 g/mol. The molecule has 1 aromatic carbocycles. The molecule has 2 aromatic rings. The summed E-state index contributed by atoms with van der Waals surface area (Å²) in [5.41, 5.74) is 3.16. The SMILES string of the molecule is Cc1cc(Cl)c2oc(CNCC(C)C)c(C)c2c1. The van der Waals surface area contributed by atoms with Gasteiger partial charge in [-0.15, -0.1) is 0 Å². The highest BCUT2D eigenvalue weighted by atomic mass is 35.5. The van der Waals surface area contributed by atoms with Crippen LogP contribution < -0.4 is 5.32 Å². The van der Waals surface area contributed by atoms with Crippen LogP contribution in [0.25, 0.3) is 11.0 Å². The number of nitrogens with one attached hydrogen (secondary N) is 1. The van der Waals surface area contributed by atoms with Gasteiger partial charge in [0.25, 0.3) is 0 Å². The maximum Gasteiger partial charge on any atom is 0.153 e. The van der Waals surface area contributed by atoms with E-state index in [0.717, 1.165) is 35.4 Å². The molecule has 18 heavy (non-hydrogen) atoms. The molecule has 0 bridgehead atoms. The van der Waals surface area contributed by atoms with Crippen molar-refractivity contribution in [3.63, 3.8) is 0 Å². The van der Waals surface area contributed by atoms with Crippen molar-refractivity contribution in [3.05, 3.63) is 34.0 Å². The van der Waals surface area contributed by atoms with Crippen molar-refractivity contribution in [1.29, 1.82) is 0 Å². The van der Waals surface area contributed by atoms with Crippen LogP contribution in [0.1, 0.15) is 30.7 Å². The van der Waals surface area contributed by atoms with Gasteiger partial charge < -0.3 is 9.73 Å². The van der Waals surface area contributed by atoms with E-state index >= 15 is 0 Å². The van der Waals surface area contributed by atoms with Crippen molar-refractivity contribution in [2.75, 3.05) is 6.54 Å². The Bertz CT molecular complexity index is 557. The van der Waals surface area contributed by atoms with Crippen LogP contribution in [0.2, 0.25) is 5.02 Å². The van der Waals surface area contributed by atoms with Gasteiger partial charge in [-0.1, -0.05) is 25.4 Å². The fourth-order valence-corrected chi connectivity index (χ4v) is 2.42. The van der Waals surface area contributed by atoms with E-state index in [1.807, 2.05) is 6.07 Å². The predicted octanol–water partition coefficient (Wildman–Crippen LogP) is 4.45. The lowest BCUT2D eigenvalue weighted by atomic mass is 10.1. The van der Waals surface area contributed by atoms with Crippen molar-refractivity contribution < 1.29 is 4.42 Å². The van der Waals surface area contributed by atoms with Gasteiger partial charge in [-0.05, 0) is 49.6 Å². The summed E-state index contributed by atoms with van der Waals surface area (Å²) < 4.78 is 5.87. The quantitative estimate of drug-likeness (QED) is 0.884. The molecule has 0 amide bonds. The van der Waals surface area contributed by atoms with Gasteiger partial charge in [0.1, 0.15) is 5.76 Å². The number of benzene rings is 1. The molecule has 1 N–H and O–H groups in total. The maximum absolute atomic E-state index is 6.22. The van der Waals surface area contributed by atoms with Gasteiger partial charge in [0.2, 0.25) is 0 Å². The minimum absolute atomic E-state index is 0.639. The molecule has 0 fully saturated rings. The van der Waals surface area contributed by atoms with Crippen LogP contribution in [0.5, 0.6) is 0 Å². The van der Waals surface area contributed by atoms with Gasteiger partial charge in [-0.3, -0.25) is 0 Å². The van der Waals surface area contributed by atoms with E-state index in [9.17, 15) is 0 Å². The van der Waals surface area contributed by atoms with Crippen molar-refractivity contribution >= 4 is 22.6 Å². The smallest absolute Gasteiger partial charge is 0.153 e. The molecule has 1 heterocycles. The summed E-state index contributed by atoms with van der Waals surface area (Å²) in [6.07, 6.45) is 0. The molecule has 0 radical (unpaired) electrons. The number of furan rings is 1. The topological polar surface area (TPSA) is 25.2 Å². The molecule has 98 valence electrons. The lowest BCUT2D eigenvalue weighted by Gasteiger charge is -2.05. The number of hydrogen-bond acceptors (Lipinski definition) is 2. The summed E-state index contributed by atoms with van der Waals surface area (Å²) in [5.74, 6) is 1.62. The van der Waals surface area contributed by atoms with Gasteiger partial charge in [0, 0.05) is 5.39 Å². The zero-order chi connectivity index (χ0) is 13.3. The largest absolute Gasteiger partial charge is 0.458 e. The first-order chi connectivity index (χ1) is 8.49. The molecule has 0 saturated carbocycles. The number of aryl methyl sites for hydroxylation is 2. The van der Waals surface area contributed by atoms with Crippen LogP contribution in [-0.4, -0.2) is 6.54 Å². The second kappa shape index (κ2) is 5.33. The molecule has 0 saturated heterocycles. The van der Waals surface area contributed by atoms with E-state index in [-0.39, 0.29) is 0 Å². The Balaban J connectivity index is 2.30. The van der Waals surface area contributed by atoms with Gasteiger partial charge in [-0.25, -0.2) is 0 Å². The van der Waals surface area contributed by atoms with E-state index in [0.29, 0.717) is 10.9 Å². The first-order valence-electron chi connectivity index (χ1n) is 6.38. The fourth-order valence-electron chi connectivity index (χ4n) is 2.10. The molecule has 3 heteroatoms. The molecule has 0 aliphatic rings. The van der Waals surface area contributed by atoms with Gasteiger partial charge >= 0.3 is 0 Å². The summed E-state index contributed by atoms with van der Waals surface area (Å²) >= 11 is 6.22. The lowest BCUT2D eigenvalue weighted by Crippen LogP contribution is -2.18. The van der Waals surface area contributed by atoms with E-state index in [4.69, 9.17) is 16.0 Å². The third-order valence-corrected chi connectivity index (χ3v) is 3.35. The first-order valence-corrected chi connectivity index (χ1v) is 6.75. The van der Waals surface area contributed by atoms with Crippen LogP contribution in [-0.2, 0) is 6.54 Å². The highest BCUT2D eigenvalue weighted by Gasteiger charge is 2.13. The lowest BCUT2D eigenvalue weighted by molar-refractivity contribution is 0.482. The van der Waals surface area contributed by atoms with Gasteiger partial charge in [-0.2, -0.15) is 0 Å². The second-order valence-electron chi connectivity index (χ2n) is 5.30. The minimum atomic E-state index is 0.639. The monoisotopic (exact) mass is 265 g/mol. The van der Waals surface area contributed by atoms with Crippen molar-refractivity contribution in [2.24, 2.45) is 5.92 Å². The Kier molecular flexibility index (Phi) is 3.98. The van der Waals surface area contributed by atoms with Crippen molar-refractivity contribution in [1.82, 2.24) is 5.32 Å². The van der Waals surface area contributed by atoms with E-state index < -0.39 is 0 Å². The molecule has 0 aliphatic heterocycles. The molecular weight excluding hydrogens is 246 g/mol. The van der Waals surface area contributed by atoms with Crippen LogP contribution in [0.3, 0.4) is 0 Å². The third kappa shape index (κ3) is 2.70. The zero-order valence-corrected chi connectivity index (χ0v) is 12.2. The van der Waals surface area contributed by atoms with Crippen molar-refractivity contribution in [2.45, 2.75) is 34.2 Å². The summed E-state index contributed by atoms with van der Waals surface area (Å²) in [6, 6.07) is 4.07. The highest BCUT2D eigenvalue weighted by Crippen LogP contribution is 2.32. The van der Waals surface area contributed by atoms with Gasteiger partial charge in [0.15, 0.2) is 5.58 Å². The van der Waals surface area contributed by atoms with Crippen molar-refractivity contribution in [3.8, 4) is 0 Å². The molecular formula is C15H20ClNO. The number of halogens is 1. The van der Waals surface area contributed by atoms with E-state index in [1.165, 1.54) is 5.56 Å². The molecule has 0 spiro atoms. The van der Waals surface area contributed by atoms with Crippen LogP contribution in [0, 0.1) is 19.8 Å². The Morgan fingerprint density at radius 3 is 2.67 bits per heavy atom. The number of fused-ring (bicyclic) bond motifs is 1. The van der Waals surface area contributed by atoms with Gasteiger partial charge in [0.05, 0.1) is 11.6 Å². The highest BCUT2D eigenvalue weighted by molar-refractivity contribution is 6.35. The molecule has 2 nitrogen and oxygen atoms in total. The van der Waals surface area contributed by atoms with Crippen LogP contribution >= 0.6 is 11.6 Å². The van der Waals surface area contributed by atoms with Crippen LogP contribution in [0.4, 0.5) is 0 Å².